The third kappa shape index (κ3) is 5.64. The summed E-state index contributed by atoms with van der Waals surface area (Å²) < 4.78 is 0. The van der Waals surface area contributed by atoms with Crippen molar-refractivity contribution in [1.82, 2.24) is 15.3 Å². The topological polar surface area (TPSA) is 53.1 Å². The Kier molecular flexibility index (Phi) is 7.43. The van der Waals surface area contributed by atoms with Gasteiger partial charge in [0.1, 0.15) is 11.0 Å². The van der Waals surface area contributed by atoms with Crippen LogP contribution in [0, 0.1) is 11.8 Å². The zero-order chi connectivity index (χ0) is 22.7. The second-order valence-corrected chi connectivity index (χ2v) is 10.8. The van der Waals surface area contributed by atoms with Gasteiger partial charge in [-0.15, -0.1) is 0 Å². The minimum Gasteiger partial charge on any atom is -0.361 e. The van der Waals surface area contributed by atoms with E-state index in [0.29, 0.717) is 28.0 Å². The molecule has 0 bridgehead atoms. The van der Waals surface area contributed by atoms with E-state index < -0.39 is 0 Å². The standard InChI is InChI=1S/C24H31Cl2N5S/c1-16-11-17(2)14-31(13-16)21-12-20(26)28-22(29-21)30-23(32)27-15-24(9-3-4-10-24)18-5-7-19(25)8-6-18/h5-8,12,16-17H,3-4,9-11,13-15H2,1-2H3,(H2,27,28,29,30,32). The molecule has 1 aliphatic carbocycles. The fourth-order valence-electron chi connectivity index (χ4n) is 5.29. The van der Waals surface area contributed by atoms with Gasteiger partial charge in [-0.1, -0.05) is 62.0 Å². The zero-order valence-corrected chi connectivity index (χ0v) is 21.0. The highest BCUT2D eigenvalue weighted by atomic mass is 35.5. The van der Waals surface area contributed by atoms with Crippen molar-refractivity contribution in [3.8, 4) is 0 Å². The van der Waals surface area contributed by atoms with Crippen molar-refractivity contribution in [3.63, 3.8) is 0 Å². The van der Waals surface area contributed by atoms with E-state index in [4.69, 9.17) is 40.4 Å². The van der Waals surface area contributed by atoms with Crippen molar-refractivity contribution in [2.75, 3.05) is 29.9 Å². The molecule has 8 heteroatoms. The molecule has 2 heterocycles. The number of aromatic nitrogens is 2. The summed E-state index contributed by atoms with van der Waals surface area (Å²) in [4.78, 5) is 11.3. The highest BCUT2D eigenvalue weighted by Gasteiger charge is 2.35. The zero-order valence-electron chi connectivity index (χ0n) is 18.7. The highest BCUT2D eigenvalue weighted by Crippen LogP contribution is 2.41. The molecule has 2 fully saturated rings. The lowest BCUT2D eigenvalue weighted by molar-refractivity contribution is 0.355. The van der Waals surface area contributed by atoms with Crippen LogP contribution in [-0.4, -0.2) is 34.7 Å². The number of hydrogen-bond donors (Lipinski definition) is 2. The van der Waals surface area contributed by atoms with Gasteiger partial charge in [-0.05, 0) is 61.0 Å². The fraction of sp³-hybridized carbons (Fsp3) is 0.542. The Hall–Kier alpha value is -1.63. The van der Waals surface area contributed by atoms with Gasteiger partial charge in [0, 0.05) is 36.1 Å². The molecular formula is C24H31Cl2N5S. The Morgan fingerprint density at radius 3 is 2.41 bits per heavy atom. The molecule has 4 rings (SSSR count). The number of benzene rings is 1. The molecule has 32 heavy (non-hydrogen) atoms. The van der Waals surface area contributed by atoms with Gasteiger partial charge < -0.3 is 15.5 Å². The summed E-state index contributed by atoms with van der Waals surface area (Å²) in [6.07, 6.45) is 5.94. The van der Waals surface area contributed by atoms with E-state index in [2.05, 4.69) is 46.5 Å². The van der Waals surface area contributed by atoms with Crippen LogP contribution in [0.4, 0.5) is 11.8 Å². The second-order valence-electron chi connectivity index (χ2n) is 9.53. The van der Waals surface area contributed by atoms with Crippen LogP contribution in [0.2, 0.25) is 10.2 Å². The summed E-state index contributed by atoms with van der Waals surface area (Å²) in [5, 5.41) is 8.25. The number of thiocarbonyl (C=S) groups is 1. The third-order valence-corrected chi connectivity index (χ3v) is 7.40. The normalized spacial score (nSPS) is 22.6. The molecule has 1 aromatic carbocycles. The number of rotatable bonds is 5. The minimum absolute atomic E-state index is 0.0662. The monoisotopic (exact) mass is 491 g/mol. The van der Waals surface area contributed by atoms with Crippen molar-refractivity contribution in [3.05, 3.63) is 46.1 Å². The molecule has 1 saturated heterocycles. The van der Waals surface area contributed by atoms with Gasteiger partial charge in [0.15, 0.2) is 5.11 Å². The molecule has 1 saturated carbocycles. The molecule has 2 aromatic rings. The van der Waals surface area contributed by atoms with E-state index in [9.17, 15) is 0 Å². The number of nitrogens with zero attached hydrogens (tertiary/aromatic N) is 3. The molecule has 2 N–H and O–H groups in total. The summed E-state index contributed by atoms with van der Waals surface area (Å²) in [5.74, 6) is 2.54. The van der Waals surface area contributed by atoms with Gasteiger partial charge in [-0.2, -0.15) is 4.98 Å². The van der Waals surface area contributed by atoms with Crippen molar-refractivity contribution < 1.29 is 0 Å². The van der Waals surface area contributed by atoms with Gasteiger partial charge in [0.2, 0.25) is 5.95 Å². The van der Waals surface area contributed by atoms with E-state index in [1.165, 1.54) is 24.8 Å². The predicted octanol–water partition coefficient (Wildman–Crippen LogP) is 6.06. The van der Waals surface area contributed by atoms with Crippen LogP contribution in [0.25, 0.3) is 0 Å². The SMILES string of the molecule is CC1CC(C)CN(c2cc(Cl)nc(NC(=S)NCC3(c4ccc(Cl)cc4)CCCC3)n2)C1. The first-order valence-electron chi connectivity index (χ1n) is 11.4. The Bertz CT molecular complexity index is 936. The number of hydrogen-bond acceptors (Lipinski definition) is 4. The molecule has 0 spiro atoms. The lowest BCUT2D eigenvalue weighted by atomic mass is 9.79. The van der Waals surface area contributed by atoms with Crippen LogP contribution >= 0.6 is 35.4 Å². The number of halogens is 2. The Morgan fingerprint density at radius 2 is 1.75 bits per heavy atom. The fourth-order valence-corrected chi connectivity index (χ4v) is 5.76. The molecule has 0 amide bonds. The van der Waals surface area contributed by atoms with Gasteiger partial charge in [0.05, 0.1) is 0 Å². The van der Waals surface area contributed by atoms with E-state index in [0.717, 1.165) is 43.3 Å². The van der Waals surface area contributed by atoms with Crippen molar-refractivity contribution in [2.24, 2.45) is 11.8 Å². The Morgan fingerprint density at radius 1 is 1.09 bits per heavy atom. The summed E-state index contributed by atoms with van der Waals surface area (Å²) in [5.41, 5.74) is 1.38. The lowest BCUT2D eigenvalue weighted by Gasteiger charge is -2.35. The number of nitrogens with one attached hydrogen (secondary N) is 2. The summed E-state index contributed by atoms with van der Waals surface area (Å²) in [6.45, 7) is 7.27. The minimum atomic E-state index is 0.0662. The molecular weight excluding hydrogens is 461 g/mol. The molecule has 1 aromatic heterocycles. The molecule has 0 radical (unpaired) electrons. The van der Waals surface area contributed by atoms with Gasteiger partial charge >= 0.3 is 0 Å². The molecule has 5 nitrogen and oxygen atoms in total. The molecule has 2 atom stereocenters. The van der Waals surface area contributed by atoms with E-state index in [1.807, 2.05) is 18.2 Å². The molecule has 1 aliphatic heterocycles. The third-order valence-electron chi connectivity index (χ3n) is 6.70. The van der Waals surface area contributed by atoms with Crippen molar-refractivity contribution in [1.29, 1.82) is 0 Å². The molecule has 2 aliphatic rings. The Labute approximate surface area is 206 Å². The predicted molar refractivity (Wildman–Crippen MR) is 138 cm³/mol. The maximum absolute atomic E-state index is 6.33. The van der Waals surface area contributed by atoms with Gasteiger partial charge in [0.25, 0.3) is 0 Å². The van der Waals surface area contributed by atoms with E-state index in [-0.39, 0.29) is 5.41 Å². The summed E-state index contributed by atoms with van der Waals surface area (Å²) in [7, 11) is 0. The van der Waals surface area contributed by atoms with Crippen LogP contribution in [0.1, 0.15) is 51.5 Å². The van der Waals surface area contributed by atoms with Crippen molar-refractivity contribution in [2.45, 2.75) is 51.4 Å². The van der Waals surface area contributed by atoms with Gasteiger partial charge in [-0.3, -0.25) is 0 Å². The molecule has 2 unspecified atom stereocenters. The van der Waals surface area contributed by atoms with Crippen molar-refractivity contribution >= 4 is 52.3 Å². The Balaban J connectivity index is 1.42. The van der Waals surface area contributed by atoms with E-state index >= 15 is 0 Å². The quantitative estimate of drug-likeness (QED) is 0.391. The van der Waals surface area contributed by atoms with Crippen LogP contribution in [-0.2, 0) is 5.41 Å². The van der Waals surface area contributed by atoms with Crippen LogP contribution in [0.3, 0.4) is 0 Å². The summed E-state index contributed by atoms with van der Waals surface area (Å²) >= 11 is 18.0. The highest BCUT2D eigenvalue weighted by molar-refractivity contribution is 7.80. The average Bonchev–Trinajstić information content (AvgIpc) is 3.22. The van der Waals surface area contributed by atoms with Gasteiger partial charge in [-0.25, -0.2) is 4.98 Å². The largest absolute Gasteiger partial charge is 0.361 e. The number of piperidine rings is 1. The van der Waals surface area contributed by atoms with E-state index in [1.54, 1.807) is 0 Å². The lowest BCUT2D eigenvalue weighted by Crippen LogP contribution is -2.41. The maximum Gasteiger partial charge on any atom is 0.232 e. The second kappa shape index (κ2) is 10.1. The average molecular weight is 493 g/mol. The maximum atomic E-state index is 6.33. The molecule has 172 valence electrons. The first-order chi connectivity index (χ1) is 15.3. The van der Waals surface area contributed by atoms with Crippen LogP contribution in [0.15, 0.2) is 30.3 Å². The first-order valence-corrected chi connectivity index (χ1v) is 12.6. The number of anilines is 2. The van der Waals surface area contributed by atoms with Crippen LogP contribution in [0.5, 0.6) is 0 Å². The first kappa shape index (κ1) is 23.5. The smallest absolute Gasteiger partial charge is 0.232 e. The summed E-state index contributed by atoms with van der Waals surface area (Å²) in [6, 6.07) is 10.0. The van der Waals surface area contributed by atoms with Crippen LogP contribution < -0.4 is 15.5 Å².